The Kier molecular flexibility index (Phi) is 11.1. The van der Waals surface area contributed by atoms with E-state index in [4.69, 9.17) is 14.2 Å². The van der Waals surface area contributed by atoms with Crippen molar-refractivity contribution in [2.75, 3.05) is 33.0 Å². The SMILES string of the molecule is C.CCCOCCOCCOc1ccc2cnc(-n3ccc4ccncc43)cc2c1.Cc1ccc2cnc(-n3ccc4ccncc43)cc2c1. The number of benzene rings is 2. The molecule has 0 aliphatic heterocycles. The standard InChI is InChI=1S/C23H25N3O3.C17H13N3.CH4/c1-2-9-27-10-11-28-12-13-29-21-4-3-19-16-25-23(15-20(19)14-21)26-8-6-18-5-7-24-17-22(18)26;1-12-2-3-14-10-19-17(9-15(14)8-12)20-7-5-13-4-6-18-11-16(13)20;/h3-8,14-17H,2,9-13H2,1H3;2-11H,1H3;1H4. The minimum Gasteiger partial charge on any atom is -0.491 e. The zero-order valence-electron chi connectivity index (χ0n) is 27.7. The minimum atomic E-state index is 0. The molecule has 9 nitrogen and oxygen atoms in total. The first-order valence-electron chi connectivity index (χ1n) is 16.5. The van der Waals surface area contributed by atoms with Gasteiger partial charge in [-0.15, -0.1) is 0 Å². The van der Waals surface area contributed by atoms with Gasteiger partial charge in [-0.1, -0.05) is 38.1 Å². The number of hydrogen-bond donors (Lipinski definition) is 0. The van der Waals surface area contributed by atoms with Gasteiger partial charge in [0, 0.05) is 65.3 Å². The fourth-order valence-electron chi connectivity index (χ4n) is 5.74. The fourth-order valence-corrected chi connectivity index (χ4v) is 5.74. The second kappa shape index (κ2) is 16.2. The summed E-state index contributed by atoms with van der Waals surface area (Å²) in [6.45, 7) is 7.24. The largest absolute Gasteiger partial charge is 0.491 e. The van der Waals surface area contributed by atoms with Gasteiger partial charge in [0.2, 0.25) is 0 Å². The summed E-state index contributed by atoms with van der Waals surface area (Å²) in [6, 6.07) is 24.8. The summed E-state index contributed by atoms with van der Waals surface area (Å²) in [7, 11) is 0. The molecule has 0 aliphatic carbocycles. The van der Waals surface area contributed by atoms with E-state index in [1.165, 1.54) is 16.3 Å². The summed E-state index contributed by atoms with van der Waals surface area (Å²) in [6.07, 6.45) is 16.2. The lowest BCUT2D eigenvalue weighted by atomic mass is 10.1. The summed E-state index contributed by atoms with van der Waals surface area (Å²) >= 11 is 0. The first-order chi connectivity index (χ1) is 24.2. The van der Waals surface area contributed by atoms with E-state index in [1.54, 1.807) is 6.20 Å². The predicted molar refractivity (Wildman–Crippen MR) is 202 cm³/mol. The van der Waals surface area contributed by atoms with E-state index in [0.717, 1.165) is 63.0 Å². The van der Waals surface area contributed by atoms with Gasteiger partial charge in [-0.05, 0) is 78.7 Å². The molecule has 0 atom stereocenters. The smallest absolute Gasteiger partial charge is 0.137 e. The van der Waals surface area contributed by atoms with Crippen molar-refractivity contribution in [2.24, 2.45) is 0 Å². The van der Waals surface area contributed by atoms with Crippen molar-refractivity contribution in [1.82, 2.24) is 29.1 Å². The molecule has 0 N–H and O–H groups in total. The van der Waals surface area contributed by atoms with E-state index in [0.29, 0.717) is 26.4 Å². The predicted octanol–water partition coefficient (Wildman–Crippen LogP) is 8.91. The maximum atomic E-state index is 5.84. The van der Waals surface area contributed by atoms with E-state index >= 15 is 0 Å². The number of aromatic nitrogens is 6. The molecule has 2 aromatic carbocycles. The summed E-state index contributed by atoms with van der Waals surface area (Å²) < 4.78 is 20.9. The van der Waals surface area contributed by atoms with Crippen LogP contribution < -0.4 is 4.74 Å². The Morgan fingerprint density at radius 1 is 0.540 bits per heavy atom. The minimum absolute atomic E-state index is 0. The normalized spacial score (nSPS) is 11.1. The van der Waals surface area contributed by atoms with Crippen molar-refractivity contribution in [3.05, 3.63) is 128 Å². The maximum Gasteiger partial charge on any atom is 0.137 e. The number of hydrogen-bond acceptors (Lipinski definition) is 7. The van der Waals surface area contributed by atoms with Gasteiger partial charge in [0.15, 0.2) is 0 Å². The van der Waals surface area contributed by atoms with Crippen LogP contribution in [-0.4, -0.2) is 62.1 Å². The van der Waals surface area contributed by atoms with E-state index in [9.17, 15) is 0 Å². The Labute approximate surface area is 292 Å². The molecule has 0 aliphatic rings. The van der Waals surface area contributed by atoms with Crippen molar-refractivity contribution >= 4 is 43.4 Å². The van der Waals surface area contributed by atoms with E-state index in [-0.39, 0.29) is 7.43 Å². The third kappa shape index (κ3) is 7.80. The lowest BCUT2D eigenvalue weighted by Crippen LogP contribution is -2.11. The molecule has 6 aromatic heterocycles. The van der Waals surface area contributed by atoms with Gasteiger partial charge >= 0.3 is 0 Å². The van der Waals surface area contributed by atoms with Gasteiger partial charge in [-0.2, -0.15) is 0 Å². The summed E-state index contributed by atoms with van der Waals surface area (Å²) in [5.41, 5.74) is 3.37. The molecule has 0 saturated carbocycles. The number of ether oxygens (including phenoxy) is 3. The van der Waals surface area contributed by atoms with Gasteiger partial charge in [-0.3, -0.25) is 19.1 Å². The quantitative estimate of drug-likeness (QED) is 0.127. The summed E-state index contributed by atoms with van der Waals surface area (Å²) in [5.74, 6) is 2.60. The molecule has 6 heterocycles. The lowest BCUT2D eigenvalue weighted by Gasteiger charge is -2.10. The molecular formula is C41H42N6O3. The Bertz CT molecular complexity index is 2330. The van der Waals surface area contributed by atoms with Gasteiger partial charge < -0.3 is 14.2 Å². The molecule has 8 aromatic rings. The van der Waals surface area contributed by atoms with Crippen molar-refractivity contribution in [3.63, 3.8) is 0 Å². The monoisotopic (exact) mass is 666 g/mol. The average molecular weight is 667 g/mol. The zero-order valence-corrected chi connectivity index (χ0v) is 27.7. The molecule has 8 rings (SSSR count). The van der Waals surface area contributed by atoms with Crippen molar-refractivity contribution in [3.8, 4) is 17.4 Å². The second-order valence-electron chi connectivity index (χ2n) is 11.8. The summed E-state index contributed by atoms with van der Waals surface area (Å²) in [5, 5.41) is 6.83. The first-order valence-corrected chi connectivity index (χ1v) is 16.5. The van der Waals surface area contributed by atoms with Crippen LogP contribution in [0.5, 0.6) is 5.75 Å². The highest BCUT2D eigenvalue weighted by molar-refractivity contribution is 5.87. The highest BCUT2D eigenvalue weighted by Crippen LogP contribution is 2.25. The van der Waals surface area contributed by atoms with Crippen LogP contribution >= 0.6 is 0 Å². The zero-order chi connectivity index (χ0) is 33.4. The van der Waals surface area contributed by atoms with Crippen LogP contribution in [-0.2, 0) is 9.47 Å². The third-order valence-electron chi connectivity index (χ3n) is 8.24. The van der Waals surface area contributed by atoms with Crippen LogP contribution in [0.15, 0.2) is 122 Å². The van der Waals surface area contributed by atoms with Crippen LogP contribution in [0, 0.1) is 6.92 Å². The third-order valence-corrected chi connectivity index (χ3v) is 8.24. The lowest BCUT2D eigenvalue weighted by molar-refractivity contribution is 0.0366. The summed E-state index contributed by atoms with van der Waals surface area (Å²) in [4.78, 5) is 17.6. The van der Waals surface area contributed by atoms with E-state index < -0.39 is 0 Å². The van der Waals surface area contributed by atoms with Gasteiger partial charge in [-0.25, -0.2) is 9.97 Å². The molecule has 0 unspecified atom stereocenters. The number of aryl methyl sites for hydroxylation is 1. The number of pyridine rings is 4. The van der Waals surface area contributed by atoms with Crippen molar-refractivity contribution < 1.29 is 14.2 Å². The first kappa shape index (κ1) is 34.2. The van der Waals surface area contributed by atoms with Crippen LogP contribution in [0.1, 0.15) is 26.3 Å². The second-order valence-corrected chi connectivity index (χ2v) is 11.8. The van der Waals surface area contributed by atoms with Gasteiger partial charge in [0.25, 0.3) is 0 Å². The van der Waals surface area contributed by atoms with Crippen LogP contribution in [0.25, 0.3) is 55.0 Å². The van der Waals surface area contributed by atoms with Gasteiger partial charge in [0.05, 0.1) is 43.2 Å². The van der Waals surface area contributed by atoms with Crippen molar-refractivity contribution in [1.29, 1.82) is 0 Å². The molecule has 0 spiro atoms. The molecule has 0 saturated heterocycles. The number of nitrogens with zero attached hydrogens (tertiary/aromatic N) is 6. The maximum absolute atomic E-state index is 5.84. The van der Waals surface area contributed by atoms with Gasteiger partial charge in [0.1, 0.15) is 24.0 Å². The Hall–Kier alpha value is -5.64. The van der Waals surface area contributed by atoms with Crippen LogP contribution in [0.4, 0.5) is 0 Å². The highest BCUT2D eigenvalue weighted by Gasteiger charge is 2.07. The van der Waals surface area contributed by atoms with E-state index in [1.807, 2.05) is 78.3 Å². The van der Waals surface area contributed by atoms with Crippen LogP contribution in [0.2, 0.25) is 0 Å². The van der Waals surface area contributed by atoms with Crippen LogP contribution in [0.3, 0.4) is 0 Å². The average Bonchev–Trinajstić information content (AvgIpc) is 3.77. The Morgan fingerprint density at radius 2 is 1.10 bits per heavy atom. The highest BCUT2D eigenvalue weighted by atomic mass is 16.5. The number of rotatable bonds is 11. The van der Waals surface area contributed by atoms with E-state index in [2.05, 4.69) is 80.8 Å². The van der Waals surface area contributed by atoms with Crippen molar-refractivity contribution in [2.45, 2.75) is 27.7 Å². The molecule has 0 amide bonds. The Morgan fingerprint density at radius 3 is 1.72 bits per heavy atom. The topological polar surface area (TPSA) is 89.1 Å². The molecule has 0 radical (unpaired) electrons. The molecule has 0 bridgehead atoms. The Balaban J connectivity index is 0.000000180. The molecule has 0 fully saturated rings. The molecule has 254 valence electrons. The fraction of sp³-hybridized carbons (Fsp3) is 0.220. The molecular weight excluding hydrogens is 624 g/mol. The number of fused-ring (bicyclic) bond motifs is 4. The molecule has 9 heteroatoms. The molecule has 50 heavy (non-hydrogen) atoms.